The molecule has 2 unspecified atom stereocenters. The normalized spacial score (nSPS) is 34.3. The summed E-state index contributed by atoms with van der Waals surface area (Å²) in [5.74, 6) is -0.687. The quantitative estimate of drug-likeness (QED) is 0.764. The fourth-order valence-electron chi connectivity index (χ4n) is 3.73. The molecule has 2 N–H and O–H groups in total. The summed E-state index contributed by atoms with van der Waals surface area (Å²) in [5, 5.41) is 18.4. The van der Waals surface area contributed by atoms with Crippen molar-refractivity contribution in [2.24, 2.45) is 5.92 Å². The van der Waals surface area contributed by atoms with Gasteiger partial charge in [0.05, 0.1) is 12.5 Å². The van der Waals surface area contributed by atoms with Crippen LogP contribution in [0.2, 0.25) is 0 Å². The molecule has 3 aliphatic rings. The minimum Gasteiger partial charge on any atom is -0.481 e. The van der Waals surface area contributed by atoms with E-state index >= 15 is 0 Å². The number of rotatable bonds is 2. The number of aliphatic carboxylic acids is 1. The van der Waals surface area contributed by atoms with E-state index < -0.39 is 5.97 Å². The van der Waals surface area contributed by atoms with Gasteiger partial charge in [0.2, 0.25) is 0 Å². The fourth-order valence-corrected chi connectivity index (χ4v) is 3.73. The summed E-state index contributed by atoms with van der Waals surface area (Å²) >= 11 is 0. The minimum atomic E-state index is -0.793. The van der Waals surface area contributed by atoms with Crippen molar-refractivity contribution < 1.29 is 19.8 Å². The molecule has 0 aromatic carbocycles. The molecule has 3 rings (SSSR count). The average Bonchev–Trinajstić information content (AvgIpc) is 2.55. The minimum absolute atomic E-state index is 0.0426. The Morgan fingerprint density at radius 3 is 2.21 bits per heavy atom. The van der Waals surface area contributed by atoms with Crippen molar-refractivity contribution in [3.63, 3.8) is 0 Å². The number of hydrogen-bond acceptors (Lipinski definition) is 3. The third kappa shape index (κ3) is 2.29. The van der Waals surface area contributed by atoms with Crippen LogP contribution < -0.4 is 0 Å². The molecule has 3 fully saturated rings. The number of likely N-dealkylation sites (tertiary alicyclic amines) is 1. The van der Waals surface area contributed by atoms with Gasteiger partial charge in [-0.25, -0.2) is 4.79 Å². The molecule has 0 radical (unpaired) electrons. The number of carboxylic acid groups (broad SMARTS) is 1. The Morgan fingerprint density at radius 1 is 1.11 bits per heavy atom. The molecule has 2 amide bonds. The molecule has 3 heterocycles. The number of hydrogen-bond donors (Lipinski definition) is 2. The van der Waals surface area contributed by atoms with E-state index in [0.717, 1.165) is 12.8 Å². The topological polar surface area (TPSA) is 81.1 Å². The summed E-state index contributed by atoms with van der Waals surface area (Å²) in [5.41, 5.74) is 0. The lowest BCUT2D eigenvalue weighted by Gasteiger charge is -2.45. The first-order chi connectivity index (χ1) is 9.04. The number of aliphatic hydroxyl groups excluding tert-OH is 1. The Hall–Kier alpha value is -1.30. The second-order valence-corrected chi connectivity index (χ2v) is 6.07. The van der Waals surface area contributed by atoms with Crippen LogP contribution in [0.15, 0.2) is 0 Å². The monoisotopic (exact) mass is 268 g/mol. The van der Waals surface area contributed by atoms with Crippen LogP contribution in [0, 0.1) is 5.92 Å². The lowest BCUT2D eigenvalue weighted by atomic mass is 9.96. The third-order valence-electron chi connectivity index (χ3n) is 4.62. The molecule has 3 aliphatic heterocycles. The molecular weight excluding hydrogens is 248 g/mol. The second kappa shape index (κ2) is 4.67. The van der Waals surface area contributed by atoms with Crippen molar-refractivity contribution in [2.45, 2.75) is 50.3 Å². The van der Waals surface area contributed by atoms with E-state index in [0.29, 0.717) is 25.9 Å². The summed E-state index contributed by atoms with van der Waals surface area (Å²) in [6, 6.07) is 0.403. The maximum atomic E-state index is 12.4. The number of amides is 2. The summed E-state index contributed by atoms with van der Waals surface area (Å²) in [6.07, 6.45) is 3.23. The van der Waals surface area contributed by atoms with Crippen LogP contribution in [-0.4, -0.2) is 63.3 Å². The van der Waals surface area contributed by atoms with Gasteiger partial charge in [-0.05, 0) is 25.7 Å². The highest BCUT2D eigenvalue weighted by molar-refractivity contribution is 5.77. The van der Waals surface area contributed by atoms with Gasteiger partial charge >= 0.3 is 12.0 Å². The SMILES string of the molecule is O=C(O)CC1CN(C(=O)N2C3CCC2CC(O)C3)C1. The van der Waals surface area contributed by atoms with Gasteiger partial charge in [-0.3, -0.25) is 4.79 Å². The molecule has 19 heavy (non-hydrogen) atoms. The van der Waals surface area contributed by atoms with E-state index in [4.69, 9.17) is 5.11 Å². The largest absolute Gasteiger partial charge is 0.481 e. The van der Waals surface area contributed by atoms with Gasteiger partial charge < -0.3 is 20.0 Å². The van der Waals surface area contributed by atoms with Gasteiger partial charge in [0.25, 0.3) is 0 Å². The molecule has 106 valence electrons. The van der Waals surface area contributed by atoms with E-state index in [1.165, 1.54) is 0 Å². The van der Waals surface area contributed by atoms with Crippen LogP contribution in [0.4, 0.5) is 4.79 Å². The number of carbonyl (C=O) groups excluding carboxylic acids is 1. The van der Waals surface area contributed by atoms with Crippen LogP contribution in [0.1, 0.15) is 32.1 Å². The Kier molecular flexibility index (Phi) is 3.12. The van der Waals surface area contributed by atoms with E-state index in [9.17, 15) is 14.7 Å². The number of nitrogens with zero attached hydrogens (tertiary/aromatic N) is 2. The number of fused-ring (bicyclic) bond motifs is 2. The number of aliphatic hydroxyl groups is 1. The van der Waals surface area contributed by atoms with Crippen LogP contribution in [0.3, 0.4) is 0 Å². The zero-order valence-electron chi connectivity index (χ0n) is 10.9. The zero-order chi connectivity index (χ0) is 13.6. The highest BCUT2D eigenvalue weighted by atomic mass is 16.4. The zero-order valence-corrected chi connectivity index (χ0v) is 10.9. The highest BCUT2D eigenvalue weighted by Crippen LogP contribution is 2.37. The first-order valence-electron chi connectivity index (χ1n) is 7.01. The molecule has 2 atom stereocenters. The second-order valence-electron chi connectivity index (χ2n) is 6.07. The van der Waals surface area contributed by atoms with Gasteiger partial charge in [0.1, 0.15) is 0 Å². The van der Waals surface area contributed by atoms with Gasteiger partial charge in [0, 0.05) is 31.1 Å². The van der Waals surface area contributed by atoms with Gasteiger partial charge in [-0.2, -0.15) is 0 Å². The molecular formula is C13H20N2O4. The lowest BCUT2D eigenvalue weighted by molar-refractivity contribution is -0.139. The van der Waals surface area contributed by atoms with Crippen molar-refractivity contribution in [3.05, 3.63) is 0 Å². The van der Waals surface area contributed by atoms with Crippen LogP contribution in [0.25, 0.3) is 0 Å². The van der Waals surface area contributed by atoms with Crippen molar-refractivity contribution >= 4 is 12.0 Å². The van der Waals surface area contributed by atoms with Crippen molar-refractivity contribution in [3.8, 4) is 0 Å². The number of carbonyl (C=O) groups is 2. The maximum Gasteiger partial charge on any atom is 0.320 e. The molecule has 2 bridgehead atoms. The smallest absolute Gasteiger partial charge is 0.320 e. The highest BCUT2D eigenvalue weighted by Gasteiger charge is 2.46. The average molecular weight is 268 g/mol. The summed E-state index contributed by atoms with van der Waals surface area (Å²) < 4.78 is 0. The molecule has 0 aromatic heterocycles. The number of piperidine rings is 1. The Bertz CT molecular complexity index is 380. The predicted molar refractivity (Wildman–Crippen MR) is 66.6 cm³/mol. The van der Waals surface area contributed by atoms with Crippen LogP contribution in [-0.2, 0) is 4.79 Å². The fraction of sp³-hybridized carbons (Fsp3) is 0.846. The van der Waals surface area contributed by atoms with Crippen LogP contribution in [0.5, 0.6) is 0 Å². The molecule has 3 saturated heterocycles. The Balaban J connectivity index is 1.56. The number of carboxylic acids is 1. The van der Waals surface area contributed by atoms with Gasteiger partial charge in [0.15, 0.2) is 0 Å². The van der Waals surface area contributed by atoms with E-state index in [1.807, 2.05) is 4.90 Å². The molecule has 0 spiro atoms. The van der Waals surface area contributed by atoms with E-state index in [2.05, 4.69) is 0 Å². The first kappa shape index (κ1) is 12.7. The van der Waals surface area contributed by atoms with E-state index in [1.54, 1.807) is 4.90 Å². The molecule has 0 aromatic rings. The summed E-state index contributed by atoms with van der Waals surface area (Å²) in [7, 11) is 0. The Labute approximate surface area is 112 Å². The van der Waals surface area contributed by atoms with Crippen molar-refractivity contribution in [1.29, 1.82) is 0 Å². The Morgan fingerprint density at radius 2 is 1.68 bits per heavy atom. The molecule has 6 heteroatoms. The van der Waals surface area contributed by atoms with Crippen molar-refractivity contribution in [1.82, 2.24) is 9.80 Å². The van der Waals surface area contributed by atoms with E-state index in [-0.39, 0.29) is 36.6 Å². The van der Waals surface area contributed by atoms with Crippen LogP contribution >= 0.6 is 0 Å². The molecule has 0 aliphatic carbocycles. The maximum absolute atomic E-state index is 12.4. The van der Waals surface area contributed by atoms with Gasteiger partial charge in [-0.15, -0.1) is 0 Å². The number of urea groups is 1. The molecule has 6 nitrogen and oxygen atoms in total. The molecule has 0 saturated carbocycles. The van der Waals surface area contributed by atoms with Gasteiger partial charge in [-0.1, -0.05) is 0 Å². The van der Waals surface area contributed by atoms with Crippen molar-refractivity contribution in [2.75, 3.05) is 13.1 Å². The third-order valence-corrected chi connectivity index (χ3v) is 4.62. The summed E-state index contributed by atoms with van der Waals surface area (Å²) in [6.45, 7) is 1.12. The first-order valence-corrected chi connectivity index (χ1v) is 7.01. The predicted octanol–water partition coefficient (Wildman–Crippen LogP) is 0.501. The summed E-state index contributed by atoms with van der Waals surface area (Å²) in [4.78, 5) is 26.7. The standard InChI is InChI=1S/C13H20N2O4/c16-11-4-9-1-2-10(5-11)15(9)13(19)14-6-8(7-14)3-12(17)18/h8-11,16H,1-7H2,(H,17,18). The lowest BCUT2D eigenvalue weighted by Crippen LogP contribution is -2.59.